The van der Waals surface area contributed by atoms with E-state index in [4.69, 9.17) is 9.47 Å². The van der Waals surface area contributed by atoms with Gasteiger partial charge in [0.2, 0.25) is 0 Å². The van der Waals surface area contributed by atoms with Crippen molar-refractivity contribution in [2.45, 2.75) is 193 Å². The number of hydrogen-bond donors (Lipinski definition) is 0. The third-order valence-electron chi connectivity index (χ3n) is 8.08. The van der Waals surface area contributed by atoms with Crippen LogP contribution in [-0.2, 0) is 9.47 Å². The van der Waals surface area contributed by atoms with Gasteiger partial charge in [0.05, 0.1) is 0 Å². The molecule has 35 heavy (non-hydrogen) atoms. The molecule has 0 amide bonds. The molecule has 0 aromatic carbocycles. The Morgan fingerprint density at radius 3 is 1.43 bits per heavy atom. The van der Waals surface area contributed by atoms with Crippen molar-refractivity contribution in [2.24, 2.45) is 5.92 Å². The molecule has 0 bridgehead atoms. The summed E-state index contributed by atoms with van der Waals surface area (Å²) in [5, 5.41) is 0. The normalized spacial score (nSPS) is 17.1. The second-order valence-electron chi connectivity index (χ2n) is 11.8. The van der Waals surface area contributed by atoms with Gasteiger partial charge in [-0.1, -0.05) is 162 Å². The lowest BCUT2D eigenvalue weighted by Crippen LogP contribution is -2.22. The molecule has 1 aliphatic rings. The second-order valence-corrected chi connectivity index (χ2v) is 11.8. The molecule has 0 aliphatic carbocycles. The molecule has 1 fully saturated rings. The predicted octanol–water partition coefficient (Wildman–Crippen LogP) is 11.5. The van der Waals surface area contributed by atoms with Crippen molar-refractivity contribution in [2.75, 3.05) is 13.2 Å². The quantitative estimate of drug-likeness (QED) is 0.106. The fraction of sp³-hybridized carbons (Fsp3) is 1.00. The molecule has 1 unspecified atom stereocenters. The summed E-state index contributed by atoms with van der Waals surface area (Å²) in [4.78, 5) is 0. The van der Waals surface area contributed by atoms with Crippen molar-refractivity contribution in [1.29, 1.82) is 0 Å². The van der Waals surface area contributed by atoms with Crippen LogP contribution in [-0.4, -0.2) is 19.5 Å². The Kier molecular flexibility index (Phi) is 25.4. The van der Waals surface area contributed by atoms with Gasteiger partial charge in [0.25, 0.3) is 0 Å². The van der Waals surface area contributed by atoms with E-state index in [0.717, 1.165) is 25.6 Å². The third kappa shape index (κ3) is 24.0. The van der Waals surface area contributed by atoms with Gasteiger partial charge in [0, 0.05) is 13.2 Å². The van der Waals surface area contributed by atoms with Crippen molar-refractivity contribution in [1.82, 2.24) is 0 Å². The van der Waals surface area contributed by atoms with Gasteiger partial charge in [-0.2, -0.15) is 0 Å². The van der Waals surface area contributed by atoms with Crippen LogP contribution in [0.2, 0.25) is 0 Å². The van der Waals surface area contributed by atoms with E-state index in [1.54, 1.807) is 0 Å². The Morgan fingerprint density at radius 1 is 0.571 bits per heavy atom. The minimum absolute atomic E-state index is 0.0982. The maximum atomic E-state index is 5.82. The van der Waals surface area contributed by atoms with Crippen LogP contribution < -0.4 is 0 Å². The van der Waals surface area contributed by atoms with Crippen LogP contribution in [0, 0.1) is 5.92 Å². The lowest BCUT2D eigenvalue weighted by molar-refractivity contribution is -0.162. The molecule has 0 N–H and O–H groups in total. The van der Waals surface area contributed by atoms with Gasteiger partial charge in [-0.15, -0.1) is 0 Å². The average molecular weight is 495 g/mol. The van der Waals surface area contributed by atoms with Gasteiger partial charge in [0.15, 0.2) is 6.29 Å². The van der Waals surface area contributed by atoms with Gasteiger partial charge in [0.1, 0.15) is 0 Å². The molecule has 0 spiro atoms. The Bertz CT molecular complexity index is 391. The number of unbranched alkanes of at least 4 members (excludes halogenated alkanes) is 20. The van der Waals surface area contributed by atoms with Crippen LogP contribution in [0.5, 0.6) is 0 Å². The Hall–Kier alpha value is -0.0800. The third-order valence-corrected chi connectivity index (χ3v) is 8.08. The zero-order valence-corrected chi connectivity index (χ0v) is 24.5. The molecule has 1 rings (SSSR count). The smallest absolute Gasteiger partial charge is 0.157 e. The summed E-state index contributed by atoms with van der Waals surface area (Å²) >= 11 is 0. The predicted molar refractivity (Wildman–Crippen MR) is 155 cm³/mol. The fourth-order valence-corrected chi connectivity index (χ4v) is 5.54. The maximum Gasteiger partial charge on any atom is 0.157 e. The van der Waals surface area contributed by atoms with Crippen molar-refractivity contribution >= 4 is 0 Å². The molecule has 210 valence electrons. The highest BCUT2D eigenvalue weighted by Crippen LogP contribution is 2.19. The second kappa shape index (κ2) is 27.0. The van der Waals surface area contributed by atoms with E-state index < -0.39 is 0 Å². The molecule has 0 radical (unpaired) electrons. The zero-order valence-electron chi connectivity index (χ0n) is 24.5. The van der Waals surface area contributed by atoms with Gasteiger partial charge in [-0.05, 0) is 31.6 Å². The SMILES string of the molecule is CCCCCCCCCCCCCC[C@H](C)CCCCCCCCCCCCOC1CCCCO1. The van der Waals surface area contributed by atoms with Crippen LogP contribution in [0.4, 0.5) is 0 Å². The van der Waals surface area contributed by atoms with E-state index in [9.17, 15) is 0 Å². The fourth-order valence-electron chi connectivity index (χ4n) is 5.54. The molecule has 0 aromatic heterocycles. The highest BCUT2D eigenvalue weighted by molar-refractivity contribution is 4.57. The maximum absolute atomic E-state index is 5.82. The molecule has 0 saturated carbocycles. The van der Waals surface area contributed by atoms with Crippen LogP contribution in [0.1, 0.15) is 187 Å². The number of rotatable bonds is 27. The highest BCUT2D eigenvalue weighted by atomic mass is 16.7. The topological polar surface area (TPSA) is 18.5 Å². The Morgan fingerprint density at radius 2 is 1.00 bits per heavy atom. The van der Waals surface area contributed by atoms with Gasteiger partial charge in [-0.25, -0.2) is 0 Å². The summed E-state index contributed by atoms with van der Waals surface area (Å²) in [5.74, 6) is 0.951. The number of hydrogen-bond acceptors (Lipinski definition) is 2. The lowest BCUT2D eigenvalue weighted by Gasteiger charge is -2.22. The van der Waals surface area contributed by atoms with Crippen molar-refractivity contribution in [3.63, 3.8) is 0 Å². The van der Waals surface area contributed by atoms with Gasteiger partial charge in [-0.3, -0.25) is 0 Å². The number of ether oxygens (including phenoxy) is 2. The molecule has 2 atom stereocenters. The van der Waals surface area contributed by atoms with E-state index in [1.807, 2.05) is 0 Å². The first-order valence-electron chi connectivity index (χ1n) is 16.6. The van der Waals surface area contributed by atoms with Crippen molar-refractivity contribution in [3.8, 4) is 0 Å². The average Bonchev–Trinajstić information content (AvgIpc) is 2.88. The van der Waals surface area contributed by atoms with Crippen molar-refractivity contribution in [3.05, 3.63) is 0 Å². The minimum atomic E-state index is 0.0982. The van der Waals surface area contributed by atoms with E-state index >= 15 is 0 Å². The Balaban J connectivity index is 1.68. The largest absolute Gasteiger partial charge is 0.353 e. The lowest BCUT2D eigenvalue weighted by atomic mass is 9.95. The molecule has 1 saturated heterocycles. The van der Waals surface area contributed by atoms with E-state index in [-0.39, 0.29) is 6.29 Å². The Labute approximate surface area is 222 Å². The summed E-state index contributed by atoms with van der Waals surface area (Å²) in [7, 11) is 0. The molecule has 2 heteroatoms. The standard InChI is InChI=1S/C33H66O2/c1-3-4-5-6-7-8-9-10-13-16-19-22-27-32(2)28-23-20-17-14-11-12-15-18-21-25-30-34-33-29-24-26-31-35-33/h32-33H,3-31H2,1-2H3/t32-,33?/m0/s1. The van der Waals surface area contributed by atoms with Crippen LogP contribution in [0.15, 0.2) is 0 Å². The molecule has 1 heterocycles. The molecule has 2 nitrogen and oxygen atoms in total. The molecular formula is C33H66O2. The van der Waals surface area contributed by atoms with E-state index in [1.165, 1.54) is 167 Å². The van der Waals surface area contributed by atoms with Crippen molar-refractivity contribution < 1.29 is 9.47 Å². The highest BCUT2D eigenvalue weighted by Gasteiger charge is 2.13. The summed E-state index contributed by atoms with van der Waals surface area (Å²) in [6.45, 7) is 6.58. The van der Waals surface area contributed by atoms with Gasteiger partial charge >= 0.3 is 0 Å². The summed E-state index contributed by atoms with van der Waals surface area (Å²) in [6.07, 6.45) is 38.2. The first-order chi connectivity index (χ1) is 17.3. The first-order valence-corrected chi connectivity index (χ1v) is 16.6. The molecular weight excluding hydrogens is 428 g/mol. The minimum Gasteiger partial charge on any atom is -0.353 e. The molecule has 0 aromatic rings. The summed E-state index contributed by atoms with van der Waals surface area (Å²) in [6, 6.07) is 0. The first kappa shape index (κ1) is 32.9. The van der Waals surface area contributed by atoms with E-state index in [2.05, 4.69) is 13.8 Å². The summed E-state index contributed by atoms with van der Waals surface area (Å²) in [5.41, 5.74) is 0. The monoisotopic (exact) mass is 495 g/mol. The van der Waals surface area contributed by atoms with Crippen LogP contribution >= 0.6 is 0 Å². The molecule has 1 aliphatic heterocycles. The van der Waals surface area contributed by atoms with E-state index in [0.29, 0.717) is 0 Å². The van der Waals surface area contributed by atoms with Crippen LogP contribution in [0.3, 0.4) is 0 Å². The van der Waals surface area contributed by atoms with Gasteiger partial charge < -0.3 is 9.47 Å². The van der Waals surface area contributed by atoms with Crippen LogP contribution in [0.25, 0.3) is 0 Å². The zero-order chi connectivity index (χ0) is 25.1. The summed E-state index contributed by atoms with van der Waals surface area (Å²) < 4.78 is 11.4.